The Bertz CT molecular complexity index is 1200. The normalized spacial score (nSPS) is 21.3. The molecule has 5 rings (SSSR count). The van der Waals surface area contributed by atoms with Gasteiger partial charge in [-0.25, -0.2) is 0 Å². The second kappa shape index (κ2) is 8.78. The summed E-state index contributed by atoms with van der Waals surface area (Å²) >= 11 is 0. The van der Waals surface area contributed by atoms with E-state index in [0.29, 0.717) is 17.1 Å². The van der Waals surface area contributed by atoms with E-state index in [2.05, 4.69) is 10.4 Å². The van der Waals surface area contributed by atoms with Crippen molar-refractivity contribution < 1.29 is 14.0 Å². The summed E-state index contributed by atoms with van der Waals surface area (Å²) in [5.41, 5.74) is 2.74. The van der Waals surface area contributed by atoms with Crippen molar-refractivity contribution in [2.45, 2.75) is 77.4 Å². The average molecular weight is 461 g/mol. The number of furan rings is 1. The largest absolute Gasteiger partial charge is 0.463 e. The molecule has 1 saturated carbocycles. The standard InChI is InChI=1S/C27H32N4O3/c1-18-12-13-22(19(2)15-18)31-25(32)23-16-21(24-11-8-14-34-24)29-30(23)17-27(31,3)26(33)28-20-9-6-4-5-7-10-20/h8,11-16,20H,4-7,9-10,17H2,1-3H3,(H,28,33). The maximum Gasteiger partial charge on any atom is 0.277 e. The van der Waals surface area contributed by atoms with Gasteiger partial charge >= 0.3 is 0 Å². The summed E-state index contributed by atoms with van der Waals surface area (Å²) in [5.74, 6) is 0.229. The van der Waals surface area contributed by atoms with Crippen molar-refractivity contribution in [3.05, 3.63) is 59.5 Å². The first-order valence-electron chi connectivity index (χ1n) is 12.2. The average Bonchev–Trinajstić information content (AvgIpc) is 3.41. The zero-order chi connectivity index (χ0) is 23.9. The SMILES string of the molecule is Cc1ccc(N2C(=O)c3cc(-c4ccco4)nn3CC2(C)C(=O)NC2CCCCCC2)c(C)c1. The van der Waals surface area contributed by atoms with Gasteiger partial charge in [0.15, 0.2) is 5.76 Å². The second-order valence-electron chi connectivity index (χ2n) is 9.92. The van der Waals surface area contributed by atoms with E-state index in [1.807, 2.05) is 45.0 Å². The summed E-state index contributed by atoms with van der Waals surface area (Å²) in [5, 5.41) is 7.94. The molecular weight excluding hydrogens is 428 g/mol. The van der Waals surface area contributed by atoms with Crippen LogP contribution in [0.5, 0.6) is 0 Å². The molecule has 1 aliphatic carbocycles. The van der Waals surface area contributed by atoms with Crippen LogP contribution in [0.3, 0.4) is 0 Å². The van der Waals surface area contributed by atoms with Gasteiger partial charge in [-0.2, -0.15) is 5.10 Å². The lowest BCUT2D eigenvalue weighted by Gasteiger charge is -2.44. The second-order valence-corrected chi connectivity index (χ2v) is 9.92. The zero-order valence-corrected chi connectivity index (χ0v) is 20.1. The molecule has 178 valence electrons. The van der Waals surface area contributed by atoms with E-state index in [1.165, 1.54) is 12.8 Å². The number of nitrogens with one attached hydrogen (secondary N) is 1. The summed E-state index contributed by atoms with van der Waals surface area (Å²) in [7, 11) is 0. The third kappa shape index (κ3) is 3.93. The van der Waals surface area contributed by atoms with E-state index < -0.39 is 5.54 Å². The highest BCUT2D eigenvalue weighted by Gasteiger charge is 2.49. The van der Waals surface area contributed by atoms with Crippen LogP contribution in [0.2, 0.25) is 0 Å². The van der Waals surface area contributed by atoms with Crippen LogP contribution in [-0.4, -0.2) is 33.2 Å². The highest BCUT2D eigenvalue weighted by atomic mass is 16.3. The molecule has 1 atom stereocenters. The monoisotopic (exact) mass is 460 g/mol. The van der Waals surface area contributed by atoms with Gasteiger partial charge in [0, 0.05) is 17.8 Å². The number of anilines is 1. The fourth-order valence-electron chi connectivity index (χ4n) is 5.32. The number of hydrogen-bond acceptors (Lipinski definition) is 4. The molecule has 0 bridgehead atoms. The van der Waals surface area contributed by atoms with Crippen LogP contribution < -0.4 is 10.2 Å². The molecule has 3 heterocycles. The highest BCUT2D eigenvalue weighted by Crippen LogP contribution is 2.36. The predicted octanol–water partition coefficient (Wildman–Crippen LogP) is 5.02. The first-order valence-corrected chi connectivity index (χ1v) is 12.2. The topological polar surface area (TPSA) is 80.4 Å². The molecule has 34 heavy (non-hydrogen) atoms. The van der Waals surface area contributed by atoms with Crippen molar-refractivity contribution >= 4 is 17.5 Å². The number of aromatic nitrogens is 2. The van der Waals surface area contributed by atoms with Crippen molar-refractivity contribution in [1.29, 1.82) is 0 Å². The number of hydrogen-bond donors (Lipinski definition) is 1. The van der Waals surface area contributed by atoms with Crippen LogP contribution in [0, 0.1) is 13.8 Å². The molecule has 7 nitrogen and oxygen atoms in total. The zero-order valence-electron chi connectivity index (χ0n) is 20.1. The van der Waals surface area contributed by atoms with E-state index in [1.54, 1.807) is 28.0 Å². The molecule has 1 unspecified atom stereocenters. The molecule has 0 saturated heterocycles. The minimum absolute atomic E-state index is 0.131. The summed E-state index contributed by atoms with van der Waals surface area (Å²) in [6.07, 6.45) is 8.21. The van der Waals surface area contributed by atoms with Crippen molar-refractivity contribution in [1.82, 2.24) is 15.1 Å². The first-order chi connectivity index (χ1) is 16.4. The van der Waals surface area contributed by atoms with Crippen molar-refractivity contribution in [2.24, 2.45) is 0 Å². The van der Waals surface area contributed by atoms with Gasteiger partial charge in [0.05, 0.1) is 12.8 Å². The van der Waals surface area contributed by atoms with Crippen LogP contribution in [0.25, 0.3) is 11.5 Å². The Kier molecular flexibility index (Phi) is 5.80. The predicted molar refractivity (Wildman–Crippen MR) is 131 cm³/mol. The summed E-state index contributed by atoms with van der Waals surface area (Å²) in [6, 6.07) is 11.5. The van der Waals surface area contributed by atoms with E-state index in [0.717, 1.165) is 42.5 Å². The van der Waals surface area contributed by atoms with Gasteiger partial charge in [0.2, 0.25) is 5.91 Å². The Morgan fingerprint density at radius 1 is 1.12 bits per heavy atom. The molecule has 0 radical (unpaired) electrons. The lowest BCUT2D eigenvalue weighted by atomic mass is 9.92. The van der Waals surface area contributed by atoms with Crippen molar-refractivity contribution in [2.75, 3.05) is 4.90 Å². The number of benzene rings is 1. The van der Waals surface area contributed by atoms with E-state index in [4.69, 9.17) is 4.42 Å². The molecule has 3 aromatic rings. The number of fused-ring (bicyclic) bond motifs is 1. The molecule has 0 spiro atoms. The Morgan fingerprint density at radius 3 is 2.56 bits per heavy atom. The van der Waals surface area contributed by atoms with E-state index in [9.17, 15) is 9.59 Å². The molecule has 1 aliphatic heterocycles. The van der Waals surface area contributed by atoms with Gasteiger partial charge in [-0.05, 0) is 57.4 Å². The van der Waals surface area contributed by atoms with Crippen LogP contribution in [0.15, 0.2) is 47.1 Å². The Hall–Kier alpha value is -3.35. The van der Waals surface area contributed by atoms with Gasteiger partial charge in [-0.1, -0.05) is 43.4 Å². The molecule has 1 fully saturated rings. The molecule has 2 aromatic heterocycles. The number of rotatable bonds is 4. The molecule has 2 aliphatic rings. The summed E-state index contributed by atoms with van der Waals surface area (Å²) in [4.78, 5) is 29.5. The Morgan fingerprint density at radius 2 is 1.88 bits per heavy atom. The highest BCUT2D eigenvalue weighted by molar-refractivity contribution is 6.12. The van der Waals surface area contributed by atoms with Crippen molar-refractivity contribution in [3.63, 3.8) is 0 Å². The minimum Gasteiger partial charge on any atom is -0.463 e. The molecule has 7 heteroatoms. The van der Waals surface area contributed by atoms with Gasteiger partial charge in [0.1, 0.15) is 16.9 Å². The molecular formula is C27H32N4O3. The van der Waals surface area contributed by atoms with Gasteiger partial charge in [-0.15, -0.1) is 0 Å². The Balaban J connectivity index is 1.57. The maximum atomic E-state index is 14.0. The number of aryl methyl sites for hydroxylation is 2. The van der Waals surface area contributed by atoms with Crippen LogP contribution in [-0.2, 0) is 11.3 Å². The van der Waals surface area contributed by atoms with Gasteiger partial charge in [-0.3, -0.25) is 19.2 Å². The van der Waals surface area contributed by atoms with Gasteiger partial charge < -0.3 is 9.73 Å². The third-order valence-corrected chi connectivity index (χ3v) is 7.20. The Labute approximate surface area is 200 Å². The number of carbonyl (C=O) groups is 2. The minimum atomic E-state index is -1.12. The lowest BCUT2D eigenvalue weighted by Crippen LogP contribution is -2.65. The molecule has 1 N–H and O–H groups in total. The van der Waals surface area contributed by atoms with Crippen LogP contribution >= 0.6 is 0 Å². The number of amides is 2. The molecule has 1 aromatic carbocycles. The molecule has 2 amide bonds. The summed E-state index contributed by atoms with van der Waals surface area (Å²) < 4.78 is 7.17. The maximum absolute atomic E-state index is 14.0. The first kappa shape index (κ1) is 22.4. The van der Waals surface area contributed by atoms with E-state index in [-0.39, 0.29) is 24.4 Å². The number of carbonyl (C=O) groups excluding carboxylic acids is 2. The lowest BCUT2D eigenvalue weighted by molar-refractivity contribution is -0.127. The quantitative estimate of drug-likeness (QED) is 0.555. The van der Waals surface area contributed by atoms with Crippen molar-refractivity contribution in [3.8, 4) is 11.5 Å². The van der Waals surface area contributed by atoms with E-state index >= 15 is 0 Å². The fourth-order valence-corrected chi connectivity index (χ4v) is 5.32. The smallest absolute Gasteiger partial charge is 0.277 e. The third-order valence-electron chi connectivity index (χ3n) is 7.20. The summed E-state index contributed by atoms with van der Waals surface area (Å²) in [6.45, 7) is 6.13. The van der Waals surface area contributed by atoms with Crippen LogP contribution in [0.1, 0.15) is 67.1 Å². The van der Waals surface area contributed by atoms with Crippen LogP contribution in [0.4, 0.5) is 5.69 Å². The fraction of sp³-hybridized carbons (Fsp3) is 0.444. The number of nitrogens with zero attached hydrogens (tertiary/aromatic N) is 3. The van der Waals surface area contributed by atoms with Gasteiger partial charge in [0.25, 0.3) is 5.91 Å².